The van der Waals surface area contributed by atoms with Crippen molar-refractivity contribution in [3.8, 4) is 5.75 Å². The van der Waals surface area contributed by atoms with Gasteiger partial charge in [0, 0.05) is 13.0 Å². The molecular formula is C14H15NO6. The van der Waals surface area contributed by atoms with E-state index in [-0.39, 0.29) is 25.1 Å². The Balaban J connectivity index is 2.30. The average molecular weight is 293 g/mol. The van der Waals surface area contributed by atoms with E-state index < -0.39 is 29.8 Å². The van der Waals surface area contributed by atoms with E-state index in [1.54, 1.807) is 12.1 Å². The molecule has 0 bridgehead atoms. The largest absolute Gasteiger partial charge is 0.508 e. The van der Waals surface area contributed by atoms with Gasteiger partial charge in [-0.15, -0.1) is 0 Å². The van der Waals surface area contributed by atoms with Crippen molar-refractivity contribution in [2.75, 3.05) is 6.54 Å². The summed E-state index contributed by atoms with van der Waals surface area (Å²) in [6.45, 7) is -0.0260. The second-order valence-corrected chi connectivity index (χ2v) is 4.99. The minimum atomic E-state index is -1.10. The molecule has 112 valence electrons. The lowest BCUT2D eigenvalue weighted by Crippen LogP contribution is -2.32. The number of likely N-dealkylation sites (tertiary alicyclic amines) is 1. The van der Waals surface area contributed by atoms with Crippen LogP contribution in [0.5, 0.6) is 5.75 Å². The number of aliphatic carboxylic acids is 2. The van der Waals surface area contributed by atoms with Crippen LogP contribution in [0.4, 0.5) is 0 Å². The Morgan fingerprint density at radius 1 is 1.33 bits per heavy atom. The van der Waals surface area contributed by atoms with E-state index >= 15 is 0 Å². The molecule has 21 heavy (non-hydrogen) atoms. The third-order valence-corrected chi connectivity index (χ3v) is 3.51. The molecule has 0 aromatic heterocycles. The molecule has 1 aromatic carbocycles. The van der Waals surface area contributed by atoms with Gasteiger partial charge < -0.3 is 20.2 Å². The van der Waals surface area contributed by atoms with Gasteiger partial charge in [0.05, 0.1) is 18.4 Å². The molecule has 1 saturated heterocycles. The van der Waals surface area contributed by atoms with E-state index in [0.717, 1.165) is 0 Å². The fourth-order valence-corrected chi connectivity index (χ4v) is 2.50. The summed E-state index contributed by atoms with van der Waals surface area (Å²) in [5.41, 5.74) is 0.469. The Labute approximate surface area is 120 Å². The van der Waals surface area contributed by atoms with Gasteiger partial charge in [-0.3, -0.25) is 14.4 Å². The lowest BCUT2D eigenvalue weighted by molar-refractivity contribution is -0.141. The number of carboxylic acids is 2. The van der Waals surface area contributed by atoms with Gasteiger partial charge in [0.1, 0.15) is 5.75 Å². The molecule has 0 spiro atoms. The fourth-order valence-electron chi connectivity index (χ4n) is 2.50. The maximum atomic E-state index is 12.0. The Kier molecular flexibility index (Phi) is 4.11. The number of carbonyl (C=O) groups excluding carboxylic acids is 1. The standard InChI is InChI=1S/C14H15NO6/c16-10-3-1-2-8(4-10)11(6-13(18)19)15-7-9(14(20)21)5-12(15)17/h1-4,9,11,16H,5-7H2,(H,18,19)(H,20,21). The van der Waals surface area contributed by atoms with Crippen molar-refractivity contribution < 1.29 is 29.7 Å². The predicted molar refractivity (Wildman–Crippen MR) is 70.6 cm³/mol. The predicted octanol–water partition coefficient (Wildman–Crippen LogP) is 0.841. The van der Waals surface area contributed by atoms with E-state index in [1.807, 2.05) is 0 Å². The molecule has 7 nitrogen and oxygen atoms in total. The van der Waals surface area contributed by atoms with Crippen LogP contribution in [0.2, 0.25) is 0 Å². The van der Waals surface area contributed by atoms with Crippen molar-refractivity contribution in [3.63, 3.8) is 0 Å². The summed E-state index contributed by atoms with van der Waals surface area (Å²) in [6.07, 6.45) is -0.480. The zero-order chi connectivity index (χ0) is 15.6. The number of phenols is 1. The van der Waals surface area contributed by atoms with E-state index in [2.05, 4.69) is 0 Å². The molecule has 3 N–H and O–H groups in total. The fraction of sp³-hybridized carbons (Fsp3) is 0.357. The summed E-state index contributed by atoms with van der Waals surface area (Å²) < 4.78 is 0. The Hall–Kier alpha value is -2.57. The van der Waals surface area contributed by atoms with Gasteiger partial charge >= 0.3 is 11.9 Å². The van der Waals surface area contributed by atoms with Crippen LogP contribution >= 0.6 is 0 Å². The second kappa shape index (κ2) is 5.82. The molecule has 1 aliphatic rings. The SMILES string of the molecule is O=C(O)CC(c1cccc(O)c1)N1CC(C(=O)O)CC1=O. The summed E-state index contributed by atoms with van der Waals surface area (Å²) in [6, 6.07) is 5.19. The summed E-state index contributed by atoms with van der Waals surface area (Å²) in [5, 5.41) is 27.5. The maximum absolute atomic E-state index is 12.0. The van der Waals surface area contributed by atoms with Crippen LogP contribution in [0.25, 0.3) is 0 Å². The quantitative estimate of drug-likeness (QED) is 0.741. The molecule has 2 atom stereocenters. The third-order valence-electron chi connectivity index (χ3n) is 3.51. The monoisotopic (exact) mass is 293 g/mol. The first kappa shape index (κ1) is 14.8. The molecule has 2 rings (SSSR count). The van der Waals surface area contributed by atoms with Gasteiger partial charge in [0.2, 0.25) is 5.91 Å². The third kappa shape index (κ3) is 3.31. The minimum absolute atomic E-state index is 0.0260. The van der Waals surface area contributed by atoms with Crippen LogP contribution in [0.3, 0.4) is 0 Å². The topological polar surface area (TPSA) is 115 Å². The number of carbonyl (C=O) groups is 3. The van der Waals surface area contributed by atoms with Gasteiger partial charge in [-0.1, -0.05) is 12.1 Å². The number of nitrogens with zero attached hydrogens (tertiary/aromatic N) is 1. The first-order valence-electron chi connectivity index (χ1n) is 6.41. The van der Waals surface area contributed by atoms with Crippen LogP contribution in [0.1, 0.15) is 24.4 Å². The highest BCUT2D eigenvalue weighted by Gasteiger charge is 2.39. The zero-order valence-electron chi connectivity index (χ0n) is 11.1. The number of carboxylic acid groups (broad SMARTS) is 2. The van der Waals surface area contributed by atoms with Crippen LogP contribution in [0.15, 0.2) is 24.3 Å². The lowest BCUT2D eigenvalue weighted by Gasteiger charge is -2.27. The molecule has 1 amide bonds. The highest BCUT2D eigenvalue weighted by molar-refractivity contribution is 5.86. The summed E-state index contributed by atoms with van der Waals surface area (Å²) in [7, 11) is 0. The number of hydrogen-bond acceptors (Lipinski definition) is 4. The van der Waals surface area contributed by atoms with Crippen molar-refractivity contribution in [2.24, 2.45) is 5.92 Å². The summed E-state index contributed by atoms with van der Waals surface area (Å²) in [5.74, 6) is -3.43. The number of hydrogen-bond donors (Lipinski definition) is 3. The molecule has 1 heterocycles. The highest BCUT2D eigenvalue weighted by Crippen LogP contribution is 2.32. The van der Waals surface area contributed by atoms with Gasteiger partial charge in [-0.2, -0.15) is 0 Å². The molecule has 0 saturated carbocycles. The van der Waals surface area contributed by atoms with Gasteiger partial charge in [0.15, 0.2) is 0 Å². The van der Waals surface area contributed by atoms with Crippen LogP contribution in [0, 0.1) is 5.92 Å². The molecular weight excluding hydrogens is 278 g/mol. The number of aromatic hydroxyl groups is 1. The number of phenolic OH excluding ortho intramolecular Hbond substituents is 1. The van der Waals surface area contributed by atoms with Gasteiger partial charge in [-0.25, -0.2) is 0 Å². The first-order valence-corrected chi connectivity index (χ1v) is 6.41. The molecule has 2 unspecified atom stereocenters. The summed E-state index contributed by atoms with van der Waals surface area (Å²) >= 11 is 0. The Morgan fingerprint density at radius 2 is 2.05 bits per heavy atom. The van der Waals surface area contributed by atoms with Crippen LogP contribution in [-0.4, -0.2) is 44.6 Å². The molecule has 7 heteroatoms. The van der Waals surface area contributed by atoms with Crippen molar-refractivity contribution in [1.82, 2.24) is 4.90 Å². The van der Waals surface area contributed by atoms with Gasteiger partial charge in [-0.05, 0) is 17.7 Å². The molecule has 1 aliphatic heterocycles. The molecule has 0 aliphatic carbocycles. The second-order valence-electron chi connectivity index (χ2n) is 4.99. The smallest absolute Gasteiger partial charge is 0.308 e. The molecule has 1 fully saturated rings. The maximum Gasteiger partial charge on any atom is 0.308 e. The summed E-state index contributed by atoms with van der Waals surface area (Å²) in [4.78, 5) is 35.3. The highest BCUT2D eigenvalue weighted by atomic mass is 16.4. The van der Waals surface area contributed by atoms with E-state index in [1.165, 1.54) is 17.0 Å². The van der Waals surface area contributed by atoms with Crippen LogP contribution in [-0.2, 0) is 14.4 Å². The minimum Gasteiger partial charge on any atom is -0.508 e. The number of rotatable bonds is 5. The van der Waals surface area contributed by atoms with Crippen molar-refractivity contribution in [3.05, 3.63) is 29.8 Å². The van der Waals surface area contributed by atoms with Gasteiger partial charge in [0.25, 0.3) is 0 Å². The first-order chi connectivity index (χ1) is 9.88. The van der Waals surface area contributed by atoms with E-state index in [9.17, 15) is 19.5 Å². The lowest BCUT2D eigenvalue weighted by atomic mass is 10.0. The molecule has 0 radical (unpaired) electrons. The van der Waals surface area contributed by atoms with Crippen molar-refractivity contribution >= 4 is 17.8 Å². The number of benzene rings is 1. The average Bonchev–Trinajstić information content (AvgIpc) is 2.78. The van der Waals surface area contributed by atoms with E-state index in [4.69, 9.17) is 10.2 Å². The van der Waals surface area contributed by atoms with Crippen LogP contribution < -0.4 is 0 Å². The van der Waals surface area contributed by atoms with Crippen molar-refractivity contribution in [2.45, 2.75) is 18.9 Å². The normalized spacial score (nSPS) is 19.5. The molecule has 1 aromatic rings. The van der Waals surface area contributed by atoms with Crippen molar-refractivity contribution in [1.29, 1.82) is 0 Å². The zero-order valence-corrected chi connectivity index (χ0v) is 11.1. The Morgan fingerprint density at radius 3 is 2.57 bits per heavy atom. The number of amides is 1. The Bertz CT molecular complexity index is 585. The van der Waals surface area contributed by atoms with E-state index in [0.29, 0.717) is 5.56 Å².